The summed E-state index contributed by atoms with van der Waals surface area (Å²) in [5.74, 6) is -0.00109. The molecular formula is C16H21Cl2N3OS. The summed E-state index contributed by atoms with van der Waals surface area (Å²) in [4.78, 5) is 16.8. The number of aromatic nitrogens is 1. The molecule has 2 aromatic rings. The minimum atomic E-state index is -0.00109. The van der Waals surface area contributed by atoms with Crippen LogP contribution in [0.25, 0.3) is 10.6 Å². The van der Waals surface area contributed by atoms with Crippen LogP contribution in [0.3, 0.4) is 0 Å². The van der Waals surface area contributed by atoms with Gasteiger partial charge in [-0.15, -0.1) is 36.2 Å². The van der Waals surface area contributed by atoms with Gasteiger partial charge in [-0.25, -0.2) is 4.98 Å². The molecular weight excluding hydrogens is 353 g/mol. The fraction of sp³-hybridized carbons (Fsp3) is 0.375. The summed E-state index contributed by atoms with van der Waals surface area (Å²) in [5.41, 5.74) is 2.71. The third-order valence-corrected chi connectivity index (χ3v) is 4.63. The topological polar surface area (TPSA) is 54.0 Å². The smallest absolute Gasteiger partial charge is 0.251 e. The number of amides is 1. The van der Waals surface area contributed by atoms with Gasteiger partial charge in [0.25, 0.3) is 5.91 Å². The molecule has 126 valence electrons. The highest BCUT2D eigenvalue weighted by Gasteiger charge is 2.16. The number of thiazole rings is 1. The van der Waals surface area contributed by atoms with Gasteiger partial charge in [0.2, 0.25) is 0 Å². The summed E-state index contributed by atoms with van der Waals surface area (Å²) in [5, 5.41) is 9.39. The Balaban J connectivity index is 0.00000132. The molecule has 1 aromatic carbocycles. The molecule has 7 heteroatoms. The van der Waals surface area contributed by atoms with Crippen LogP contribution >= 0.6 is 36.2 Å². The van der Waals surface area contributed by atoms with E-state index in [9.17, 15) is 4.79 Å². The van der Waals surface area contributed by atoms with Gasteiger partial charge in [-0.3, -0.25) is 4.79 Å². The second kappa shape index (κ2) is 9.23. The number of nitrogens with zero attached hydrogens (tertiary/aromatic N) is 1. The van der Waals surface area contributed by atoms with Gasteiger partial charge >= 0.3 is 0 Å². The molecule has 1 amide bonds. The zero-order valence-electron chi connectivity index (χ0n) is 12.9. The van der Waals surface area contributed by atoms with E-state index in [1.165, 1.54) is 0 Å². The minimum Gasteiger partial charge on any atom is -0.348 e. The Hall–Kier alpha value is -1.14. The Morgan fingerprint density at radius 1 is 1.39 bits per heavy atom. The Morgan fingerprint density at radius 3 is 2.87 bits per heavy atom. The number of carbonyl (C=O) groups excluding carboxylic acids is 1. The van der Waals surface area contributed by atoms with Crippen LogP contribution in [0.5, 0.6) is 0 Å². The fourth-order valence-electron chi connectivity index (χ4n) is 2.52. The Morgan fingerprint density at radius 2 is 2.22 bits per heavy atom. The zero-order valence-corrected chi connectivity index (χ0v) is 15.3. The lowest BCUT2D eigenvalue weighted by Gasteiger charge is -2.23. The highest BCUT2D eigenvalue weighted by molar-refractivity contribution is 7.13. The molecule has 0 aliphatic carbocycles. The summed E-state index contributed by atoms with van der Waals surface area (Å²) < 4.78 is 0. The third kappa shape index (κ3) is 5.18. The zero-order chi connectivity index (χ0) is 14.7. The van der Waals surface area contributed by atoms with Crippen molar-refractivity contribution in [2.75, 3.05) is 13.1 Å². The van der Waals surface area contributed by atoms with Gasteiger partial charge in [-0.1, -0.05) is 12.1 Å². The number of hydrogen-bond donors (Lipinski definition) is 2. The average molecular weight is 374 g/mol. The molecule has 1 aliphatic heterocycles. The molecule has 4 nitrogen and oxygen atoms in total. The first-order valence-electron chi connectivity index (χ1n) is 7.26. The highest BCUT2D eigenvalue weighted by Crippen LogP contribution is 2.24. The number of rotatable bonds is 3. The van der Waals surface area contributed by atoms with E-state index in [4.69, 9.17) is 0 Å². The summed E-state index contributed by atoms with van der Waals surface area (Å²) in [7, 11) is 0. The highest BCUT2D eigenvalue weighted by atomic mass is 35.5. The summed E-state index contributed by atoms with van der Waals surface area (Å²) in [6.45, 7) is 3.88. The van der Waals surface area contributed by atoms with E-state index in [0.717, 1.165) is 42.2 Å². The Labute approximate surface area is 152 Å². The molecule has 1 aromatic heterocycles. The molecule has 0 bridgehead atoms. The first-order valence-corrected chi connectivity index (χ1v) is 8.14. The van der Waals surface area contributed by atoms with Gasteiger partial charge in [0.1, 0.15) is 5.01 Å². The van der Waals surface area contributed by atoms with Gasteiger partial charge in [0, 0.05) is 34.8 Å². The number of benzene rings is 1. The molecule has 2 N–H and O–H groups in total. The van der Waals surface area contributed by atoms with Gasteiger partial charge in [0.15, 0.2) is 0 Å². The SMILES string of the molecule is Cc1csc(-c2cccc(C(=O)NC3CCCNC3)c2)n1.Cl.Cl. The molecule has 2 heterocycles. The van der Waals surface area contributed by atoms with Crippen molar-refractivity contribution in [3.8, 4) is 10.6 Å². The maximum Gasteiger partial charge on any atom is 0.251 e. The van der Waals surface area contributed by atoms with E-state index in [1.807, 2.05) is 36.6 Å². The molecule has 1 atom stereocenters. The van der Waals surface area contributed by atoms with E-state index >= 15 is 0 Å². The van der Waals surface area contributed by atoms with Crippen LogP contribution in [0.1, 0.15) is 28.9 Å². The largest absolute Gasteiger partial charge is 0.348 e. The molecule has 1 unspecified atom stereocenters. The quantitative estimate of drug-likeness (QED) is 0.865. The summed E-state index contributed by atoms with van der Waals surface area (Å²) >= 11 is 1.61. The first kappa shape index (κ1) is 19.9. The predicted molar refractivity (Wildman–Crippen MR) is 100 cm³/mol. The van der Waals surface area contributed by atoms with Crippen molar-refractivity contribution in [1.82, 2.24) is 15.6 Å². The van der Waals surface area contributed by atoms with Crippen molar-refractivity contribution in [3.63, 3.8) is 0 Å². The second-order valence-electron chi connectivity index (χ2n) is 5.39. The maximum absolute atomic E-state index is 12.3. The monoisotopic (exact) mass is 373 g/mol. The molecule has 0 spiro atoms. The maximum atomic E-state index is 12.3. The van der Waals surface area contributed by atoms with Gasteiger partial charge < -0.3 is 10.6 Å². The Bertz CT molecular complexity index is 642. The van der Waals surface area contributed by atoms with Crippen molar-refractivity contribution in [1.29, 1.82) is 0 Å². The lowest BCUT2D eigenvalue weighted by molar-refractivity contribution is 0.0930. The number of nitrogens with one attached hydrogen (secondary N) is 2. The number of hydrogen-bond acceptors (Lipinski definition) is 4. The van der Waals surface area contributed by atoms with E-state index < -0.39 is 0 Å². The normalized spacial score (nSPS) is 16.8. The van der Waals surface area contributed by atoms with Crippen LogP contribution in [-0.4, -0.2) is 30.0 Å². The van der Waals surface area contributed by atoms with Crippen LogP contribution < -0.4 is 10.6 Å². The van der Waals surface area contributed by atoms with Crippen molar-refractivity contribution >= 4 is 42.1 Å². The van der Waals surface area contributed by atoms with E-state index in [-0.39, 0.29) is 36.8 Å². The molecule has 1 saturated heterocycles. The van der Waals surface area contributed by atoms with E-state index in [0.29, 0.717) is 5.56 Å². The molecule has 0 radical (unpaired) electrons. The van der Waals surface area contributed by atoms with Crippen LogP contribution in [0.2, 0.25) is 0 Å². The molecule has 1 aliphatic rings. The number of piperidine rings is 1. The summed E-state index contributed by atoms with van der Waals surface area (Å²) in [6, 6.07) is 7.92. The fourth-order valence-corrected chi connectivity index (χ4v) is 3.32. The van der Waals surface area contributed by atoms with Crippen molar-refractivity contribution in [2.24, 2.45) is 0 Å². The second-order valence-corrected chi connectivity index (χ2v) is 6.25. The van der Waals surface area contributed by atoms with Crippen LogP contribution in [0.4, 0.5) is 0 Å². The van der Waals surface area contributed by atoms with Crippen LogP contribution in [-0.2, 0) is 0 Å². The lowest BCUT2D eigenvalue weighted by Crippen LogP contribution is -2.45. The average Bonchev–Trinajstić information content (AvgIpc) is 2.95. The number of carbonyl (C=O) groups is 1. The predicted octanol–water partition coefficient (Wildman–Crippen LogP) is 3.44. The molecule has 3 rings (SSSR count). The standard InChI is InChI=1S/C16H19N3OS.2ClH/c1-11-10-21-16(18-11)13-5-2-4-12(8-13)15(20)19-14-6-3-7-17-9-14;;/h2,4-5,8,10,14,17H,3,6-7,9H2,1H3,(H,19,20);2*1H. The van der Waals surface area contributed by atoms with Crippen molar-refractivity contribution < 1.29 is 4.79 Å². The van der Waals surface area contributed by atoms with Crippen molar-refractivity contribution in [2.45, 2.75) is 25.8 Å². The third-order valence-electron chi connectivity index (χ3n) is 3.62. The lowest BCUT2D eigenvalue weighted by atomic mass is 10.1. The summed E-state index contributed by atoms with van der Waals surface area (Å²) in [6.07, 6.45) is 2.16. The minimum absolute atomic E-state index is 0. The van der Waals surface area contributed by atoms with Crippen LogP contribution in [0, 0.1) is 6.92 Å². The van der Waals surface area contributed by atoms with Gasteiger partial charge in [-0.2, -0.15) is 0 Å². The van der Waals surface area contributed by atoms with Gasteiger partial charge in [0.05, 0.1) is 0 Å². The Kier molecular flexibility index (Phi) is 7.99. The number of halogens is 2. The molecule has 0 saturated carbocycles. The van der Waals surface area contributed by atoms with E-state index in [2.05, 4.69) is 15.6 Å². The van der Waals surface area contributed by atoms with E-state index in [1.54, 1.807) is 11.3 Å². The molecule has 23 heavy (non-hydrogen) atoms. The molecule has 1 fully saturated rings. The van der Waals surface area contributed by atoms with Crippen molar-refractivity contribution in [3.05, 3.63) is 40.9 Å². The first-order chi connectivity index (χ1) is 10.2. The van der Waals surface area contributed by atoms with Crippen LogP contribution in [0.15, 0.2) is 29.6 Å². The van der Waals surface area contributed by atoms with Gasteiger partial charge in [-0.05, 0) is 38.4 Å². The number of aryl methyl sites for hydroxylation is 1.